The van der Waals surface area contributed by atoms with E-state index in [0.717, 1.165) is 27.3 Å². The van der Waals surface area contributed by atoms with Crippen molar-refractivity contribution < 1.29 is 38.7 Å². The molecule has 1 fully saturated rings. The fourth-order valence-electron chi connectivity index (χ4n) is 9.41. The summed E-state index contributed by atoms with van der Waals surface area (Å²) < 4.78 is 5.86. The summed E-state index contributed by atoms with van der Waals surface area (Å²) in [6, 6.07) is 16.0. The molecular formula is C53H82N7O8. The molecule has 1 saturated heterocycles. The zero-order valence-electron chi connectivity index (χ0n) is 44.3. The monoisotopic (exact) mass is 945 g/mol. The second kappa shape index (κ2) is 19.4. The van der Waals surface area contributed by atoms with E-state index in [0.29, 0.717) is 0 Å². The highest BCUT2D eigenvalue weighted by molar-refractivity contribution is 6.02. The van der Waals surface area contributed by atoms with Gasteiger partial charge in [-0.05, 0) is 135 Å². The summed E-state index contributed by atoms with van der Waals surface area (Å²) in [5, 5.41) is 32.6. The molecule has 1 heterocycles. The van der Waals surface area contributed by atoms with Crippen molar-refractivity contribution in [1.82, 2.24) is 37.0 Å². The molecule has 0 saturated carbocycles. The predicted molar refractivity (Wildman–Crippen MR) is 264 cm³/mol. The molecule has 6 N–H and O–H groups in total. The number of hydrogen-bond donors (Lipinski definition) is 6. The van der Waals surface area contributed by atoms with Gasteiger partial charge < -0.3 is 36.6 Å². The average Bonchev–Trinajstić information content (AvgIpc) is 3.53. The molecule has 2 aliphatic rings. The first-order valence-corrected chi connectivity index (χ1v) is 24.2. The van der Waals surface area contributed by atoms with Gasteiger partial charge in [0.2, 0.25) is 29.5 Å². The molecule has 0 bridgehead atoms. The van der Waals surface area contributed by atoms with Gasteiger partial charge in [0.15, 0.2) is 0 Å². The number of carbonyl (C=O) groups is 6. The van der Waals surface area contributed by atoms with E-state index in [1.165, 1.54) is 0 Å². The summed E-state index contributed by atoms with van der Waals surface area (Å²) in [6.45, 7) is 33.0. The van der Waals surface area contributed by atoms with E-state index in [2.05, 4.69) is 31.9 Å². The summed E-state index contributed by atoms with van der Waals surface area (Å²) >= 11 is 0. The molecule has 1 radical (unpaired) electrons. The van der Waals surface area contributed by atoms with E-state index in [1.54, 1.807) is 96.9 Å². The van der Waals surface area contributed by atoms with E-state index in [1.807, 2.05) is 83.1 Å². The highest BCUT2D eigenvalue weighted by Crippen LogP contribution is 2.46. The lowest BCUT2D eigenvalue weighted by molar-refractivity contribution is -0.296. The number of ether oxygens (including phenoxy) is 1. The minimum absolute atomic E-state index is 0.0283. The van der Waals surface area contributed by atoms with E-state index in [-0.39, 0.29) is 31.3 Å². The van der Waals surface area contributed by atoms with Crippen LogP contribution in [0.3, 0.4) is 0 Å². The van der Waals surface area contributed by atoms with E-state index in [4.69, 9.17) is 4.74 Å². The van der Waals surface area contributed by atoms with Gasteiger partial charge in [-0.1, -0.05) is 104 Å². The second-order valence-corrected chi connectivity index (χ2v) is 23.8. The Morgan fingerprint density at radius 1 is 0.559 bits per heavy atom. The Kier molecular flexibility index (Phi) is 15.9. The number of carbonyl (C=O) groups excluding carboxylic acids is 6. The van der Waals surface area contributed by atoms with Crippen LogP contribution < -0.4 is 31.9 Å². The van der Waals surface area contributed by atoms with Gasteiger partial charge in [0.1, 0.15) is 34.3 Å². The number of rotatable bonds is 16. The largest absolute Gasteiger partial charge is 0.449 e. The maximum absolute atomic E-state index is 15.3. The third-order valence-electron chi connectivity index (χ3n) is 15.2. The minimum Gasteiger partial charge on any atom is -0.449 e. The fourth-order valence-corrected chi connectivity index (χ4v) is 9.41. The molecule has 2 aromatic rings. The number of hydrogen-bond acceptors (Lipinski definition) is 8. The second-order valence-electron chi connectivity index (χ2n) is 23.8. The number of alkyl carbamates (subject to hydrolysis) is 1. The van der Waals surface area contributed by atoms with Crippen LogP contribution in [-0.4, -0.2) is 91.6 Å². The van der Waals surface area contributed by atoms with Gasteiger partial charge in [0.25, 0.3) is 0 Å². The quantitative estimate of drug-likeness (QED) is 0.100. The van der Waals surface area contributed by atoms with Gasteiger partial charge in [0.05, 0.1) is 0 Å². The Hall–Kier alpha value is -5.02. The van der Waals surface area contributed by atoms with Crippen LogP contribution in [0.25, 0.3) is 11.1 Å². The van der Waals surface area contributed by atoms with Crippen molar-refractivity contribution in [2.75, 3.05) is 6.61 Å². The Balaban J connectivity index is 1.66. The SMILES string of the molecule is CC(C)[C@](C)(NC(=O)OCC1c2ccccc2-c2ccccc21)C(=O)N[C@](C)(C(=O)NC1(C(=O)N[C@](C)(C(=O)N[C@](C)(C(=O)NC(C)(C)C)C(C)C)C(C)C)CC(C)(C)N([O])C(C)(C)C1)C(C)C. The van der Waals surface area contributed by atoms with Crippen molar-refractivity contribution in [2.45, 2.75) is 195 Å². The smallest absolute Gasteiger partial charge is 0.408 e. The highest BCUT2D eigenvalue weighted by Gasteiger charge is 2.60. The fraction of sp³-hybridized carbons (Fsp3) is 0.660. The van der Waals surface area contributed by atoms with Gasteiger partial charge in [-0.2, -0.15) is 0 Å². The summed E-state index contributed by atoms with van der Waals surface area (Å²) in [5.74, 6) is -5.23. The van der Waals surface area contributed by atoms with Crippen molar-refractivity contribution in [2.24, 2.45) is 23.7 Å². The Bertz CT molecular complexity index is 2180. The van der Waals surface area contributed by atoms with Gasteiger partial charge in [-0.15, -0.1) is 10.3 Å². The third kappa shape index (κ3) is 10.9. The van der Waals surface area contributed by atoms with Crippen LogP contribution in [0.2, 0.25) is 0 Å². The van der Waals surface area contributed by atoms with E-state index < -0.39 is 97.7 Å². The molecule has 4 rings (SSSR count). The van der Waals surface area contributed by atoms with Gasteiger partial charge in [-0.25, -0.2) is 4.79 Å². The number of piperidine rings is 1. The summed E-state index contributed by atoms with van der Waals surface area (Å²) in [6.07, 6.45) is -1.13. The number of hydroxylamine groups is 2. The molecule has 1 aliphatic carbocycles. The molecule has 0 unspecified atom stereocenters. The molecule has 68 heavy (non-hydrogen) atoms. The standard InChI is InChI=1S/C53H82N7O8/c1-31(2)49(16,40(61)54-46(9,10)11)55-41(62)50(17,32(3)4)57-44(65)53(29-47(12,13)60(67)48(14,15)30-53)58-43(64)51(18,33(5)6)56-42(63)52(19,34(7)8)59-45(66)68-28-39-37-26-22-20-24-35(37)36-25-21-23-27-38(36)39/h20-27,31-34,39H,28-30H2,1-19H3,(H,54,61)(H,55,62)(H,56,63)(H,57,65)(H,58,64)(H,59,66)/t49-,50-,51-,52-/m0/s1. The number of amides is 6. The zero-order valence-corrected chi connectivity index (χ0v) is 44.3. The Morgan fingerprint density at radius 2 is 0.912 bits per heavy atom. The topological polar surface area (TPSA) is 207 Å². The van der Waals surface area contributed by atoms with Gasteiger partial charge >= 0.3 is 6.09 Å². The van der Waals surface area contributed by atoms with Crippen LogP contribution in [0.5, 0.6) is 0 Å². The molecule has 2 aromatic carbocycles. The molecule has 0 aromatic heterocycles. The van der Waals surface area contributed by atoms with Gasteiger partial charge in [0, 0.05) is 22.5 Å². The van der Waals surface area contributed by atoms with Crippen molar-refractivity contribution in [3.63, 3.8) is 0 Å². The Labute approximate surface area is 405 Å². The van der Waals surface area contributed by atoms with Crippen molar-refractivity contribution in [3.8, 4) is 11.1 Å². The normalized spacial score (nSPS) is 20.1. The maximum atomic E-state index is 15.3. The number of nitrogens with one attached hydrogen (secondary N) is 6. The first-order valence-electron chi connectivity index (χ1n) is 24.2. The van der Waals surface area contributed by atoms with Crippen molar-refractivity contribution in [1.29, 1.82) is 0 Å². The van der Waals surface area contributed by atoms with Crippen LogP contribution in [0.4, 0.5) is 4.79 Å². The van der Waals surface area contributed by atoms with Crippen LogP contribution in [0.1, 0.15) is 161 Å². The molecule has 0 spiro atoms. The van der Waals surface area contributed by atoms with E-state index in [9.17, 15) is 24.4 Å². The van der Waals surface area contributed by atoms with Gasteiger partial charge in [-0.3, -0.25) is 24.0 Å². The lowest BCUT2D eigenvalue weighted by Gasteiger charge is -2.55. The first kappa shape index (κ1) is 55.6. The predicted octanol–water partition coefficient (Wildman–Crippen LogP) is 7.30. The zero-order chi connectivity index (χ0) is 52.0. The number of fused-ring (bicyclic) bond motifs is 3. The Morgan fingerprint density at radius 3 is 1.31 bits per heavy atom. The summed E-state index contributed by atoms with van der Waals surface area (Å²) in [4.78, 5) is 87.2. The van der Waals surface area contributed by atoms with E-state index >= 15 is 9.59 Å². The molecular weight excluding hydrogens is 863 g/mol. The van der Waals surface area contributed by atoms with Crippen molar-refractivity contribution >= 4 is 35.6 Å². The first-order chi connectivity index (χ1) is 30.9. The average molecular weight is 945 g/mol. The summed E-state index contributed by atoms with van der Waals surface area (Å²) in [5.41, 5.74) is -6.85. The van der Waals surface area contributed by atoms with Crippen LogP contribution in [0, 0.1) is 23.7 Å². The lowest BCUT2D eigenvalue weighted by atomic mass is 9.68. The van der Waals surface area contributed by atoms with Crippen LogP contribution in [0.15, 0.2) is 48.5 Å². The van der Waals surface area contributed by atoms with Crippen LogP contribution >= 0.6 is 0 Å². The molecule has 377 valence electrons. The van der Waals surface area contributed by atoms with Crippen molar-refractivity contribution in [3.05, 3.63) is 59.7 Å². The molecule has 15 heteroatoms. The molecule has 4 atom stereocenters. The number of nitrogens with zero attached hydrogens (tertiary/aromatic N) is 1. The minimum atomic E-state index is -1.80. The maximum Gasteiger partial charge on any atom is 0.408 e. The van der Waals surface area contributed by atoms with Crippen LogP contribution in [-0.2, 0) is 33.9 Å². The third-order valence-corrected chi connectivity index (χ3v) is 15.2. The number of benzene rings is 2. The lowest BCUT2D eigenvalue weighted by Crippen LogP contribution is -2.77. The summed E-state index contributed by atoms with van der Waals surface area (Å²) in [7, 11) is 0. The highest BCUT2D eigenvalue weighted by atomic mass is 16.5. The molecule has 1 aliphatic heterocycles. The molecule has 15 nitrogen and oxygen atoms in total. The molecule has 6 amide bonds.